The maximum atomic E-state index is 11.5. The molecule has 0 radical (unpaired) electrons. The van der Waals surface area contributed by atoms with Gasteiger partial charge in [0.25, 0.3) is 5.69 Å². The van der Waals surface area contributed by atoms with Crippen molar-refractivity contribution in [2.75, 3.05) is 13.3 Å². The molecule has 0 spiro atoms. The first-order chi connectivity index (χ1) is 15.7. The number of nitrogens with zero attached hydrogens (tertiary/aromatic N) is 3. The zero-order valence-electron chi connectivity index (χ0n) is 19.8. The van der Waals surface area contributed by atoms with Crippen LogP contribution in [0.15, 0.2) is 48.7 Å². The SMILES string of the molecule is Cn1cc([N+](=O)[O-])cc1C1=[N+](Cc2ccc(C(C)(C)C)cc2)CCc2cc3c(cc21)OCO3.[Br-]. The Kier molecular flexibility index (Phi) is 6.29. The van der Waals surface area contributed by atoms with Crippen LogP contribution >= 0.6 is 0 Å². The number of fused-ring (bicyclic) bond motifs is 2. The number of hydrogen-bond donors (Lipinski definition) is 0. The predicted molar refractivity (Wildman–Crippen MR) is 126 cm³/mol. The maximum absolute atomic E-state index is 11.5. The zero-order valence-corrected chi connectivity index (χ0v) is 21.4. The highest BCUT2D eigenvalue weighted by atomic mass is 79.9. The number of aromatic nitrogens is 1. The Balaban J connectivity index is 0.00000274. The van der Waals surface area contributed by atoms with Gasteiger partial charge in [-0.2, -0.15) is 0 Å². The van der Waals surface area contributed by atoms with Gasteiger partial charge in [-0.3, -0.25) is 10.1 Å². The molecule has 3 heterocycles. The van der Waals surface area contributed by atoms with Gasteiger partial charge in [-0.1, -0.05) is 45.0 Å². The largest absolute Gasteiger partial charge is 1.00 e. The lowest BCUT2D eigenvalue weighted by molar-refractivity contribution is -0.544. The number of halogens is 1. The highest BCUT2D eigenvalue weighted by molar-refractivity contribution is 6.10. The van der Waals surface area contributed by atoms with Crippen molar-refractivity contribution in [3.63, 3.8) is 0 Å². The summed E-state index contributed by atoms with van der Waals surface area (Å²) >= 11 is 0. The average Bonchev–Trinajstić information content (AvgIpc) is 3.38. The second-order valence-electron chi connectivity index (χ2n) is 9.78. The Labute approximate surface area is 209 Å². The molecule has 0 amide bonds. The van der Waals surface area contributed by atoms with E-state index in [1.54, 1.807) is 12.3 Å². The smallest absolute Gasteiger partial charge is 0.287 e. The maximum Gasteiger partial charge on any atom is 0.287 e. The Hall–Kier alpha value is -3.13. The summed E-state index contributed by atoms with van der Waals surface area (Å²) in [6.07, 6.45) is 2.43. The van der Waals surface area contributed by atoms with Crippen LogP contribution in [0, 0.1) is 10.1 Å². The molecule has 0 fully saturated rings. The van der Waals surface area contributed by atoms with Gasteiger partial charge >= 0.3 is 0 Å². The number of aryl methyl sites for hydroxylation is 1. The predicted octanol–water partition coefficient (Wildman–Crippen LogP) is 1.57. The van der Waals surface area contributed by atoms with Gasteiger partial charge in [-0.15, -0.1) is 0 Å². The van der Waals surface area contributed by atoms with E-state index in [1.165, 1.54) is 11.1 Å². The Morgan fingerprint density at radius 1 is 1.09 bits per heavy atom. The van der Waals surface area contributed by atoms with E-state index >= 15 is 0 Å². The molecule has 0 bridgehead atoms. The van der Waals surface area contributed by atoms with Gasteiger partial charge in [0, 0.05) is 25.1 Å². The van der Waals surface area contributed by atoms with Crippen LogP contribution in [0.2, 0.25) is 0 Å². The van der Waals surface area contributed by atoms with Gasteiger partial charge in [0.2, 0.25) is 12.5 Å². The quantitative estimate of drug-likeness (QED) is 0.294. The lowest BCUT2D eigenvalue weighted by Crippen LogP contribution is -3.00. The summed E-state index contributed by atoms with van der Waals surface area (Å²) < 4.78 is 15.4. The number of hydrogen-bond acceptors (Lipinski definition) is 4. The first-order valence-electron chi connectivity index (χ1n) is 11.2. The van der Waals surface area contributed by atoms with Gasteiger partial charge in [0.1, 0.15) is 12.2 Å². The van der Waals surface area contributed by atoms with Crippen LogP contribution in [0.25, 0.3) is 0 Å². The molecule has 8 heteroatoms. The van der Waals surface area contributed by atoms with Gasteiger partial charge in [0.05, 0.1) is 16.7 Å². The molecule has 0 atom stereocenters. The molecule has 0 aliphatic carbocycles. The summed E-state index contributed by atoms with van der Waals surface area (Å²) in [6, 6.07) is 14.5. The van der Waals surface area contributed by atoms with Crippen LogP contribution in [0.3, 0.4) is 0 Å². The summed E-state index contributed by atoms with van der Waals surface area (Å²) in [4.78, 5) is 11.1. The molecule has 2 aromatic carbocycles. The lowest BCUT2D eigenvalue weighted by Gasteiger charge is -2.21. The molecule has 2 aliphatic heterocycles. The highest BCUT2D eigenvalue weighted by Crippen LogP contribution is 2.37. The van der Waals surface area contributed by atoms with Gasteiger partial charge in [-0.25, -0.2) is 4.58 Å². The molecule has 0 saturated carbocycles. The van der Waals surface area contributed by atoms with E-state index < -0.39 is 0 Å². The van der Waals surface area contributed by atoms with Crippen molar-refractivity contribution in [3.8, 4) is 11.5 Å². The van der Waals surface area contributed by atoms with Crippen LogP contribution in [-0.4, -0.2) is 33.1 Å². The minimum absolute atomic E-state index is 0. The average molecular weight is 526 g/mol. The molecule has 34 heavy (non-hydrogen) atoms. The molecule has 0 saturated heterocycles. The summed E-state index contributed by atoms with van der Waals surface area (Å²) in [5, 5.41) is 11.5. The minimum Gasteiger partial charge on any atom is -1.00 e. The van der Waals surface area contributed by atoms with Crippen LogP contribution in [0.4, 0.5) is 5.69 Å². The molecular formula is C26H28BrN3O4. The van der Waals surface area contributed by atoms with Gasteiger partial charge < -0.3 is 31.0 Å². The summed E-state index contributed by atoms with van der Waals surface area (Å²) in [5.74, 6) is 1.48. The first kappa shape index (κ1) is 24.0. The van der Waals surface area contributed by atoms with Crippen molar-refractivity contribution in [3.05, 3.63) is 86.7 Å². The first-order valence-corrected chi connectivity index (χ1v) is 11.2. The highest BCUT2D eigenvalue weighted by Gasteiger charge is 2.33. The molecule has 3 aromatic rings. The van der Waals surface area contributed by atoms with Crippen molar-refractivity contribution in [1.29, 1.82) is 0 Å². The Morgan fingerprint density at radius 3 is 2.38 bits per heavy atom. The number of benzene rings is 2. The number of ether oxygens (including phenoxy) is 2. The van der Waals surface area contributed by atoms with Crippen molar-refractivity contribution in [1.82, 2.24) is 4.57 Å². The van der Waals surface area contributed by atoms with E-state index in [-0.39, 0.29) is 39.8 Å². The normalized spacial score (nSPS) is 14.6. The van der Waals surface area contributed by atoms with Crippen molar-refractivity contribution in [2.24, 2.45) is 7.05 Å². The monoisotopic (exact) mass is 525 g/mol. The molecule has 1 aromatic heterocycles. The molecule has 2 aliphatic rings. The molecular weight excluding hydrogens is 498 g/mol. The standard InChI is InChI=1S/C26H28N3O4.BrH/c1-26(2,3)19-7-5-17(6-8-19)14-28-10-9-18-11-23-24(33-16-32-23)13-21(18)25(28)22-12-20(29(30)31)15-27(22)4;/h5-8,11-13,15H,9-10,14,16H2,1-4H3;1H/q+1;/p-1. The van der Waals surface area contributed by atoms with Crippen molar-refractivity contribution < 1.29 is 36.0 Å². The van der Waals surface area contributed by atoms with Crippen LogP contribution in [0.5, 0.6) is 11.5 Å². The second-order valence-corrected chi connectivity index (χ2v) is 9.78. The van der Waals surface area contributed by atoms with E-state index in [1.807, 2.05) is 23.7 Å². The summed E-state index contributed by atoms with van der Waals surface area (Å²) in [6.45, 7) is 8.37. The van der Waals surface area contributed by atoms with E-state index in [9.17, 15) is 10.1 Å². The minimum atomic E-state index is -0.344. The fourth-order valence-electron chi connectivity index (χ4n) is 4.62. The Morgan fingerprint density at radius 2 is 1.76 bits per heavy atom. The molecule has 5 rings (SSSR count). The van der Waals surface area contributed by atoms with Crippen molar-refractivity contribution in [2.45, 2.75) is 39.2 Å². The third-order valence-corrected chi connectivity index (χ3v) is 6.46. The summed E-state index contributed by atoms with van der Waals surface area (Å²) in [5.41, 5.74) is 6.67. The lowest BCUT2D eigenvalue weighted by atomic mass is 9.86. The van der Waals surface area contributed by atoms with Crippen LogP contribution in [-0.2, 0) is 25.4 Å². The topological polar surface area (TPSA) is 69.5 Å². The van der Waals surface area contributed by atoms with Gasteiger partial charge in [-0.05, 0) is 28.7 Å². The van der Waals surface area contributed by atoms with Crippen LogP contribution < -0.4 is 26.5 Å². The zero-order chi connectivity index (χ0) is 23.3. The molecule has 0 N–H and O–H groups in total. The third-order valence-electron chi connectivity index (χ3n) is 6.46. The summed E-state index contributed by atoms with van der Waals surface area (Å²) in [7, 11) is 1.85. The Bertz CT molecular complexity index is 1290. The molecule has 0 unspecified atom stereocenters. The number of nitro groups is 1. The van der Waals surface area contributed by atoms with Gasteiger partial charge in [0.15, 0.2) is 18.0 Å². The van der Waals surface area contributed by atoms with E-state index in [0.717, 1.165) is 41.2 Å². The van der Waals surface area contributed by atoms with E-state index in [2.05, 4.69) is 49.6 Å². The molecule has 7 nitrogen and oxygen atoms in total. The third kappa shape index (κ3) is 4.34. The van der Waals surface area contributed by atoms with Crippen LogP contribution in [0.1, 0.15) is 48.7 Å². The van der Waals surface area contributed by atoms with E-state index in [4.69, 9.17) is 9.47 Å². The number of rotatable bonds is 4. The fraction of sp³-hybridized carbons (Fsp3) is 0.346. The van der Waals surface area contributed by atoms with E-state index in [0.29, 0.717) is 12.3 Å². The van der Waals surface area contributed by atoms with Crippen molar-refractivity contribution >= 4 is 11.4 Å². The fourth-order valence-corrected chi connectivity index (χ4v) is 4.62. The molecule has 178 valence electrons. The second kappa shape index (κ2) is 8.91.